The summed E-state index contributed by atoms with van der Waals surface area (Å²) in [6.07, 6.45) is 4.61. The third-order valence-corrected chi connectivity index (χ3v) is 3.19. The number of fused-ring (bicyclic) bond motifs is 5. The monoisotopic (exact) mass is 109 g/mol. The van der Waals surface area contributed by atoms with Crippen molar-refractivity contribution in [1.29, 1.82) is 0 Å². The van der Waals surface area contributed by atoms with Crippen LogP contribution in [0.3, 0.4) is 0 Å². The first kappa shape index (κ1) is 3.89. The normalized spacial score (nSPS) is 66.0. The van der Waals surface area contributed by atoms with E-state index in [1.165, 1.54) is 12.8 Å². The maximum atomic E-state index is 3.53. The Bertz CT molecular complexity index is 118. The van der Waals surface area contributed by atoms with Crippen molar-refractivity contribution < 1.29 is 0 Å². The summed E-state index contributed by atoms with van der Waals surface area (Å²) >= 11 is 0. The molecule has 44 valence electrons. The van der Waals surface area contributed by atoms with Gasteiger partial charge in [0, 0.05) is 12.1 Å². The van der Waals surface area contributed by atoms with Crippen LogP contribution in [-0.4, -0.2) is 12.1 Å². The van der Waals surface area contributed by atoms with E-state index in [0.717, 1.165) is 23.9 Å². The van der Waals surface area contributed by atoms with Crippen LogP contribution in [0.25, 0.3) is 0 Å². The maximum absolute atomic E-state index is 3.53. The molecule has 0 spiro atoms. The zero-order valence-electron chi connectivity index (χ0n) is 4.93. The van der Waals surface area contributed by atoms with Crippen molar-refractivity contribution in [2.45, 2.75) is 31.3 Å². The SMILES string of the molecule is C1C[C@@H]2C[C@@H]1[C@H]1N[C@@H]21. The van der Waals surface area contributed by atoms with E-state index in [-0.39, 0.29) is 0 Å². The van der Waals surface area contributed by atoms with Gasteiger partial charge in [-0.05, 0) is 31.1 Å². The smallest absolute Gasteiger partial charge is 0.0255 e. The Hall–Kier alpha value is -0.0400. The molecular formula is C7H11N. The molecule has 0 aromatic carbocycles. The molecule has 2 bridgehead atoms. The van der Waals surface area contributed by atoms with Gasteiger partial charge in [-0.1, -0.05) is 0 Å². The molecule has 1 heterocycles. The van der Waals surface area contributed by atoms with Crippen molar-refractivity contribution in [2.75, 3.05) is 0 Å². The lowest BCUT2D eigenvalue weighted by molar-refractivity contribution is 0.546. The first-order chi connectivity index (χ1) is 3.95. The fourth-order valence-electron chi connectivity index (χ4n) is 2.73. The topological polar surface area (TPSA) is 21.9 Å². The van der Waals surface area contributed by atoms with E-state index in [0.29, 0.717) is 0 Å². The minimum absolute atomic E-state index is 0.994. The molecular weight excluding hydrogens is 98.1 g/mol. The summed E-state index contributed by atoms with van der Waals surface area (Å²) in [7, 11) is 0. The van der Waals surface area contributed by atoms with Gasteiger partial charge in [-0.15, -0.1) is 0 Å². The molecule has 3 fully saturated rings. The number of hydrogen-bond donors (Lipinski definition) is 1. The number of nitrogens with one attached hydrogen (secondary N) is 1. The lowest BCUT2D eigenvalue weighted by atomic mass is 10.0. The Kier molecular flexibility index (Phi) is 0.472. The van der Waals surface area contributed by atoms with Gasteiger partial charge < -0.3 is 5.32 Å². The molecule has 0 radical (unpaired) electrons. The van der Waals surface area contributed by atoms with Gasteiger partial charge in [0.25, 0.3) is 0 Å². The molecule has 8 heavy (non-hydrogen) atoms. The molecule has 4 atom stereocenters. The van der Waals surface area contributed by atoms with Gasteiger partial charge in [-0.25, -0.2) is 0 Å². The molecule has 1 heteroatoms. The summed E-state index contributed by atoms with van der Waals surface area (Å²) in [5.74, 6) is 2.20. The average molecular weight is 109 g/mol. The molecule has 0 amide bonds. The highest BCUT2D eigenvalue weighted by molar-refractivity contribution is 5.15. The van der Waals surface area contributed by atoms with E-state index in [2.05, 4.69) is 5.32 Å². The summed E-state index contributed by atoms with van der Waals surface area (Å²) < 4.78 is 0. The van der Waals surface area contributed by atoms with Crippen LogP contribution in [0.5, 0.6) is 0 Å². The van der Waals surface area contributed by atoms with Crippen LogP contribution >= 0.6 is 0 Å². The molecule has 3 rings (SSSR count). The zero-order chi connectivity index (χ0) is 5.14. The van der Waals surface area contributed by atoms with Crippen molar-refractivity contribution in [2.24, 2.45) is 11.8 Å². The molecule has 1 nitrogen and oxygen atoms in total. The van der Waals surface area contributed by atoms with Crippen LogP contribution in [0.15, 0.2) is 0 Å². The Labute approximate surface area is 49.5 Å². The Balaban J connectivity index is 2.02. The minimum atomic E-state index is 0.994. The minimum Gasteiger partial charge on any atom is -0.308 e. The van der Waals surface area contributed by atoms with Gasteiger partial charge in [0.2, 0.25) is 0 Å². The van der Waals surface area contributed by atoms with Crippen molar-refractivity contribution in [3.05, 3.63) is 0 Å². The van der Waals surface area contributed by atoms with Crippen molar-refractivity contribution in [1.82, 2.24) is 5.32 Å². The summed E-state index contributed by atoms with van der Waals surface area (Å²) in [5, 5.41) is 3.53. The molecule has 0 unspecified atom stereocenters. The number of rotatable bonds is 0. The molecule has 0 aromatic rings. The first-order valence-corrected chi connectivity index (χ1v) is 3.71. The van der Waals surface area contributed by atoms with Crippen molar-refractivity contribution in [3.8, 4) is 0 Å². The Morgan fingerprint density at radius 3 is 2.00 bits per heavy atom. The largest absolute Gasteiger partial charge is 0.308 e. The van der Waals surface area contributed by atoms with E-state index >= 15 is 0 Å². The molecule has 2 saturated carbocycles. The lowest BCUT2D eigenvalue weighted by Crippen LogP contribution is -2.04. The van der Waals surface area contributed by atoms with Crippen LogP contribution in [0.2, 0.25) is 0 Å². The summed E-state index contributed by atoms with van der Waals surface area (Å²) in [6.45, 7) is 0. The number of piperidine rings is 1. The van der Waals surface area contributed by atoms with Crippen molar-refractivity contribution >= 4 is 0 Å². The van der Waals surface area contributed by atoms with Gasteiger partial charge >= 0.3 is 0 Å². The van der Waals surface area contributed by atoms with E-state index < -0.39 is 0 Å². The molecule has 1 N–H and O–H groups in total. The average Bonchev–Trinajstić information content (AvgIpc) is 2.39. The highest BCUT2D eigenvalue weighted by Gasteiger charge is 2.56. The third kappa shape index (κ3) is 0.278. The number of hydrogen-bond acceptors (Lipinski definition) is 1. The highest BCUT2D eigenvalue weighted by atomic mass is 15.2. The Morgan fingerprint density at radius 1 is 1.00 bits per heavy atom. The molecule has 1 saturated heterocycles. The van der Waals surface area contributed by atoms with Gasteiger partial charge in [-0.3, -0.25) is 0 Å². The van der Waals surface area contributed by atoms with E-state index in [1.807, 2.05) is 0 Å². The van der Waals surface area contributed by atoms with Gasteiger partial charge in [0.15, 0.2) is 0 Å². The van der Waals surface area contributed by atoms with E-state index in [1.54, 1.807) is 6.42 Å². The second-order valence-corrected chi connectivity index (χ2v) is 3.55. The zero-order valence-corrected chi connectivity index (χ0v) is 4.93. The van der Waals surface area contributed by atoms with E-state index in [9.17, 15) is 0 Å². The third-order valence-electron chi connectivity index (χ3n) is 3.19. The summed E-state index contributed by atoms with van der Waals surface area (Å²) in [6, 6.07) is 1.99. The standard InChI is InChI=1S/C7H11N/c1-2-5-3-4(1)6-7(5)8-6/h4-8H,1-3H2/t4-,5-,6-,7+/m1/s1. The van der Waals surface area contributed by atoms with Crippen molar-refractivity contribution in [3.63, 3.8) is 0 Å². The summed E-state index contributed by atoms with van der Waals surface area (Å²) in [5.41, 5.74) is 0. The molecule has 2 aliphatic carbocycles. The van der Waals surface area contributed by atoms with Gasteiger partial charge in [-0.2, -0.15) is 0 Å². The predicted molar refractivity (Wildman–Crippen MR) is 31.5 cm³/mol. The quantitative estimate of drug-likeness (QED) is 0.456. The van der Waals surface area contributed by atoms with Crippen LogP contribution in [0, 0.1) is 11.8 Å². The maximum Gasteiger partial charge on any atom is 0.0255 e. The van der Waals surface area contributed by atoms with Gasteiger partial charge in [0.1, 0.15) is 0 Å². The van der Waals surface area contributed by atoms with Gasteiger partial charge in [0.05, 0.1) is 0 Å². The predicted octanol–water partition coefficient (Wildman–Crippen LogP) is 0.757. The second-order valence-electron chi connectivity index (χ2n) is 3.55. The molecule has 1 aliphatic heterocycles. The summed E-state index contributed by atoms with van der Waals surface area (Å²) in [4.78, 5) is 0. The molecule has 0 aromatic heterocycles. The fraction of sp³-hybridized carbons (Fsp3) is 1.00. The van der Waals surface area contributed by atoms with Crippen LogP contribution in [0.4, 0.5) is 0 Å². The van der Waals surface area contributed by atoms with Crippen LogP contribution in [0.1, 0.15) is 19.3 Å². The molecule has 3 aliphatic rings. The lowest BCUT2D eigenvalue weighted by Gasteiger charge is -2.02. The highest BCUT2D eigenvalue weighted by Crippen LogP contribution is 2.51. The van der Waals surface area contributed by atoms with Crippen LogP contribution < -0.4 is 5.32 Å². The second kappa shape index (κ2) is 0.971. The Morgan fingerprint density at radius 2 is 1.62 bits per heavy atom. The van der Waals surface area contributed by atoms with Crippen LogP contribution in [-0.2, 0) is 0 Å². The fourth-order valence-corrected chi connectivity index (χ4v) is 2.73. The first-order valence-electron chi connectivity index (χ1n) is 3.71. The van der Waals surface area contributed by atoms with E-state index in [4.69, 9.17) is 0 Å².